The second kappa shape index (κ2) is 7.49. The van der Waals surface area contributed by atoms with Gasteiger partial charge in [0.05, 0.1) is 13.7 Å². The zero-order valence-electron chi connectivity index (χ0n) is 16.2. The lowest BCUT2D eigenvalue weighted by Crippen LogP contribution is -2.46. The minimum Gasteiger partial charge on any atom is -0.497 e. The second-order valence-corrected chi connectivity index (χ2v) is 7.27. The Balaban J connectivity index is 1.67. The molecule has 3 rings (SSSR count). The third-order valence-corrected chi connectivity index (χ3v) is 4.96. The highest BCUT2D eigenvalue weighted by Crippen LogP contribution is 2.30. The first-order chi connectivity index (χ1) is 13.2. The van der Waals surface area contributed by atoms with Gasteiger partial charge in [-0.05, 0) is 37.5 Å². The van der Waals surface area contributed by atoms with Gasteiger partial charge in [-0.15, -0.1) is 0 Å². The van der Waals surface area contributed by atoms with Crippen LogP contribution in [0.2, 0.25) is 0 Å². The molecule has 150 valence electrons. The number of urea groups is 1. The number of methoxy groups -OCH3 is 1. The maximum absolute atomic E-state index is 12.9. The van der Waals surface area contributed by atoms with Crippen molar-refractivity contribution in [2.75, 3.05) is 27.2 Å². The Morgan fingerprint density at radius 1 is 1.36 bits per heavy atom. The van der Waals surface area contributed by atoms with Crippen LogP contribution < -0.4 is 15.4 Å². The standard InChI is InChI=1S/C19H24N4O5/c1-19(12-5-4-6-14(9-12)28-3)17(26)23(18(27)21-19)11-16(25)22(2)10-15(24)20-13-7-8-13/h4-6,9,13H,7-8,10-11H2,1-3H3,(H,20,24)(H,21,27)/t19-/m0/s1. The first-order valence-corrected chi connectivity index (χ1v) is 9.06. The van der Waals surface area contributed by atoms with E-state index in [-0.39, 0.29) is 18.5 Å². The van der Waals surface area contributed by atoms with Gasteiger partial charge in [-0.25, -0.2) is 4.79 Å². The fourth-order valence-electron chi connectivity index (χ4n) is 3.03. The molecule has 9 nitrogen and oxygen atoms in total. The molecule has 1 aromatic rings. The second-order valence-electron chi connectivity index (χ2n) is 7.27. The van der Waals surface area contributed by atoms with Gasteiger partial charge in [0.2, 0.25) is 11.8 Å². The van der Waals surface area contributed by atoms with E-state index in [4.69, 9.17) is 4.74 Å². The van der Waals surface area contributed by atoms with Crippen LogP contribution >= 0.6 is 0 Å². The lowest BCUT2D eigenvalue weighted by Gasteiger charge is -2.23. The molecule has 1 aliphatic heterocycles. The van der Waals surface area contributed by atoms with Crippen molar-refractivity contribution in [3.8, 4) is 5.75 Å². The first kappa shape index (κ1) is 19.7. The van der Waals surface area contributed by atoms with Crippen LogP contribution in [0.15, 0.2) is 24.3 Å². The van der Waals surface area contributed by atoms with Crippen LogP contribution in [-0.2, 0) is 19.9 Å². The Morgan fingerprint density at radius 3 is 2.71 bits per heavy atom. The molecular formula is C19H24N4O5. The van der Waals surface area contributed by atoms with Crippen molar-refractivity contribution in [2.24, 2.45) is 0 Å². The summed E-state index contributed by atoms with van der Waals surface area (Å²) in [6.07, 6.45) is 1.91. The smallest absolute Gasteiger partial charge is 0.325 e. The van der Waals surface area contributed by atoms with E-state index >= 15 is 0 Å². The number of hydrogen-bond acceptors (Lipinski definition) is 5. The summed E-state index contributed by atoms with van der Waals surface area (Å²) in [5.74, 6) is -0.729. The molecule has 1 atom stereocenters. The van der Waals surface area contributed by atoms with E-state index in [1.807, 2.05) is 0 Å². The maximum atomic E-state index is 12.9. The summed E-state index contributed by atoms with van der Waals surface area (Å²) in [4.78, 5) is 51.7. The summed E-state index contributed by atoms with van der Waals surface area (Å²) in [7, 11) is 2.98. The molecule has 1 saturated carbocycles. The zero-order chi connectivity index (χ0) is 20.5. The molecule has 2 fully saturated rings. The molecule has 28 heavy (non-hydrogen) atoms. The molecular weight excluding hydrogens is 364 g/mol. The Morgan fingerprint density at radius 2 is 2.07 bits per heavy atom. The van der Waals surface area contributed by atoms with Crippen LogP contribution in [-0.4, -0.2) is 66.8 Å². The molecule has 1 aliphatic carbocycles. The average Bonchev–Trinajstić information content (AvgIpc) is 3.45. The van der Waals surface area contributed by atoms with Crippen LogP contribution in [0.5, 0.6) is 5.75 Å². The highest BCUT2D eigenvalue weighted by Gasteiger charge is 2.49. The highest BCUT2D eigenvalue weighted by atomic mass is 16.5. The Labute approximate surface area is 163 Å². The Bertz CT molecular complexity index is 822. The molecule has 0 spiro atoms. The number of carbonyl (C=O) groups is 4. The summed E-state index contributed by atoms with van der Waals surface area (Å²) in [5, 5.41) is 5.44. The van der Waals surface area contributed by atoms with Crippen LogP contribution in [0, 0.1) is 0 Å². The number of nitrogens with one attached hydrogen (secondary N) is 2. The van der Waals surface area contributed by atoms with E-state index in [2.05, 4.69) is 10.6 Å². The normalized spacial score (nSPS) is 21.3. The number of carbonyl (C=O) groups excluding carboxylic acids is 4. The topological polar surface area (TPSA) is 108 Å². The molecule has 0 unspecified atom stereocenters. The van der Waals surface area contributed by atoms with E-state index in [0.717, 1.165) is 17.7 Å². The van der Waals surface area contributed by atoms with Crippen molar-refractivity contribution >= 4 is 23.8 Å². The van der Waals surface area contributed by atoms with Crippen molar-refractivity contribution in [1.82, 2.24) is 20.4 Å². The molecule has 1 saturated heterocycles. The Hall–Kier alpha value is -3.10. The number of benzene rings is 1. The van der Waals surface area contributed by atoms with Crippen molar-refractivity contribution in [3.63, 3.8) is 0 Å². The third kappa shape index (κ3) is 3.92. The number of nitrogens with zero attached hydrogens (tertiary/aromatic N) is 2. The van der Waals surface area contributed by atoms with Gasteiger partial charge in [0.15, 0.2) is 0 Å². The van der Waals surface area contributed by atoms with E-state index in [1.165, 1.54) is 19.1 Å². The van der Waals surface area contributed by atoms with Crippen molar-refractivity contribution in [1.29, 1.82) is 0 Å². The van der Waals surface area contributed by atoms with E-state index in [1.54, 1.807) is 31.2 Å². The maximum Gasteiger partial charge on any atom is 0.325 e. The molecule has 1 aromatic carbocycles. The first-order valence-electron chi connectivity index (χ1n) is 9.06. The van der Waals surface area contributed by atoms with Gasteiger partial charge in [0, 0.05) is 13.1 Å². The fraction of sp³-hybridized carbons (Fsp3) is 0.474. The van der Waals surface area contributed by atoms with Gasteiger partial charge in [-0.1, -0.05) is 12.1 Å². The van der Waals surface area contributed by atoms with E-state index in [9.17, 15) is 19.2 Å². The lowest BCUT2D eigenvalue weighted by atomic mass is 9.92. The minimum absolute atomic E-state index is 0.119. The summed E-state index contributed by atoms with van der Waals surface area (Å²) in [5.41, 5.74) is -0.745. The number of rotatable bonds is 7. The predicted molar refractivity (Wildman–Crippen MR) is 99.4 cm³/mol. The van der Waals surface area contributed by atoms with Crippen LogP contribution in [0.1, 0.15) is 25.3 Å². The zero-order valence-corrected chi connectivity index (χ0v) is 16.2. The monoisotopic (exact) mass is 388 g/mol. The van der Waals surface area contributed by atoms with Crippen LogP contribution in [0.4, 0.5) is 4.79 Å². The summed E-state index contributed by atoms with van der Waals surface area (Å²) >= 11 is 0. The van der Waals surface area contributed by atoms with E-state index in [0.29, 0.717) is 11.3 Å². The van der Waals surface area contributed by atoms with Gasteiger partial charge in [-0.2, -0.15) is 0 Å². The molecule has 9 heteroatoms. The molecule has 2 N–H and O–H groups in total. The van der Waals surface area contributed by atoms with Gasteiger partial charge in [0.25, 0.3) is 5.91 Å². The summed E-state index contributed by atoms with van der Waals surface area (Å²) in [6.45, 7) is 1.03. The molecule has 1 heterocycles. The average molecular weight is 388 g/mol. The van der Waals surface area contributed by atoms with Crippen molar-refractivity contribution in [3.05, 3.63) is 29.8 Å². The SMILES string of the molecule is COc1cccc([C@]2(C)NC(=O)N(CC(=O)N(C)CC(=O)NC3CC3)C2=O)c1. The highest BCUT2D eigenvalue weighted by molar-refractivity contribution is 6.09. The quantitative estimate of drug-likeness (QED) is 0.649. The number of hydrogen-bond donors (Lipinski definition) is 2. The van der Waals surface area contributed by atoms with E-state index < -0.39 is 29.9 Å². The largest absolute Gasteiger partial charge is 0.497 e. The number of imide groups is 1. The van der Waals surface area contributed by atoms with Crippen molar-refractivity contribution < 1.29 is 23.9 Å². The minimum atomic E-state index is -1.30. The van der Waals surface area contributed by atoms with Crippen LogP contribution in [0.25, 0.3) is 0 Å². The Kier molecular flexibility index (Phi) is 5.26. The van der Waals surface area contributed by atoms with Crippen molar-refractivity contribution in [2.45, 2.75) is 31.3 Å². The molecule has 0 radical (unpaired) electrons. The summed E-state index contributed by atoms with van der Waals surface area (Å²) < 4.78 is 5.18. The molecule has 0 aromatic heterocycles. The van der Waals surface area contributed by atoms with Gasteiger partial charge in [-0.3, -0.25) is 19.3 Å². The van der Waals surface area contributed by atoms with Crippen LogP contribution in [0.3, 0.4) is 0 Å². The summed E-state index contributed by atoms with van der Waals surface area (Å²) in [6, 6.07) is 6.37. The lowest BCUT2D eigenvalue weighted by molar-refractivity contribution is -0.139. The fourth-order valence-corrected chi connectivity index (χ4v) is 3.03. The van der Waals surface area contributed by atoms with Gasteiger partial charge >= 0.3 is 6.03 Å². The van der Waals surface area contributed by atoms with Gasteiger partial charge in [0.1, 0.15) is 17.8 Å². The number of likely N-dealkylation sites (N-methyl/N-ethyl adjacent to an activating group) is 1. The van der Waals surface area contributed by atoms with Gasteiger partial charge < -0.3 is 20.3 Å². The number of ether oxygens (including phenoxy) is 1. The number of amides is 5. The third-order valence-electron chi connectivity index (χ3n) is 4.96. The molecule has 5 amide bonds. The molecule has 0 bridgehead atoms. The molecule has 2 aliphatic rings. The predicted octanol–water partition coefficient (Wildman–Crippen LogP) is 0.199.